The molecule has 10 nitrogen and oxygen atoms in total. The minimum absolute atomic E-state index is 0.0898. The summed E-state index contributed by atoms with van der Waals surface area (Å²) in [5.41, 5.74) is 0.973. The Labute approximate surface area is 205 Å². The number of anilines is 1. The van der Waals surface area contributed by atoms with Crippen LogP contribution in [0.15, 0.2) is 59.5 Å². The van der Waals surface area contributed by atoms with Crippen molar-refractivity contribution in [2.75, 3.05) is 44.7 Å². The van der Waals surface area contributed by atoms with Gasteiger partial charge in [-0.3, -0.25) is 4.79 Å². The Morgan fingerprint density at radius 2 is 1.63 bits per heavy atom. The number of nitrogens with one attached hydrogen (secondary N) is 1. The Kier molecular flexibility index (Phi) is 7.92. The Balaban J connectivity index is 1.29. The second-order valence-electron chi connectivity index (χ2n) is 8.60. The maximum absolute atomic E-state index is 12.9. The fraction of sp³-hybridized carbons (Fsp3) is 0.458. The van der Waals surface area contributed by atoms with E-state index in [-0.39, 0.29) is 23.8 Å². The second-order valence-corrected chi connectivity index (χ2v) is 10.4. The van der Waals surface area contributed by atoms with E-state index in [2.05, 4.69) is 9.62 Å². The molecule has 0 aromatic heterocycles. The largest absolute Gasteiger partial charge is 0.495 e. The highest BCUT2D eigenvalue weighted by Gasteiger charge is 2.44. The van der Waals surface area contributed by atoms with Crippen molar-refractivity contribution in [3.63, 3.8) is 0 Å². The fourth-order valence-corrected chi connectivity index (χ4v) is 5.49. The van der Waals surface area contributed by atoms with Crippen molar-refractivity contribution in [2.24, 2.45) is 0 Å². The Bertz CT molecular complexity index is 1110. The summed E-state index contributed by atoms with van der Waals surface area (Å²) in [6.07, 6.45) is -4.59. The molecule has 3 N–H and O–H groups in total. The minimum Gasteiger partial charge on any atom is -0.495 e. The molecule has 35 heavy (non-hydrogen) atoms. The molecule has 0 bridgehead atoms. The van der Waals surface area contributed by atoms with E-state index in [0.29, 0.717) is 26.2 Å². The highest BCUT2D eigenvalue weighted by Crippen LogP contribution is 2.29. The zero-order valence-corrected chi connectivity index (χ0v) is 20.3. The van der Waals surface area contributed by atoms with Gasteiger partial charge in [0.1, 0.15) is 24.1 Å². The Morgan fingerprint density at radius 3 is 2.31 bits per heavy atom. The van der Waals surface area contributed by atoms with Crippen molar-refractivity contribution in [3.05, 3.63) is 54.6 Å². The van der Waals surface area contributed by atoms with E-state index >= 15 is 0 Å². The number of amides is 1. The van der Waals surface area contributed by atoms with Gasteiger partial charge in [0.15, 0.2) is 0 Å². The van der Waals surface area contributed by atoms with Crippen LogP contribution < -0.4 is 14.4 Å². The summed E-state index contributed by atoms with van der Waals surface area (Å²) < 4.78 is 38.4. The highest BCUT2D eigenvalue weighted by atomic mass is 32.2. The number of para-hydroxylation sites is 2. The van der Waals surface area contributed by atoms with Crippen LogP contribution in [0.2, 0.25) is 0 Å². The topological polar surface area (TPSA) is 129 Å². The number of aliphatic hydroxyl groups is 2. The molecule has 4 rings (SSSR count). The molecule has 11 heteroatoms. The third kappa shape index (κ3) is 5.76. The minimum atomic E-state index is -3.79. The number of sulfonamides is 1. The molecule has 2 aromatic carbocycles. The van der Waals surface area contributed by atoms with Gasteiger partial charge in [-0.2, -0.15) is 0 Å². The zero-order valence-electron chi connectivity index (χ0n) is 19.5. The first-order valence-corrected chi connectivity index (χ1v) is 13.0. The van der Waals surface area contributed by atoms with Gasteiger partial charge in [-0.05, 0) is 24.3 Å². The van der Waals surface area contributed by atoms with Crippen molar-refractivity contribution >= 4 is 21.6 Å². The maximum atomic E-state index is 12.9. The standard InChI is InChI=1S/C24H31N3O7S/c1-33-19-10-6-5-9-18(19)26-11-13-27(14-12-26)22(28)15-20-23(29)24(30)21(34-20)16-25-35(31,32)17-7-3-2-4-8-17/h2-10,20-21,23-25,29-30H,11-16H2,1H3/t20-,21-,23+,24-/m1/s1. The van der Waals surface area contributed by atoms with Crippen LogP contribution in [0, 0.1) is 0 Å². The molecule has 190 valence electrons. The molecule has 0 aliphatic carbocycles. The number of carbonyl (C=O) groups is 1. The van der Waals surface area contributed by atoms with Gasteiger partial charge in [0.2, 0.25) is 15.9 Å². The van der Waals surface area contributed by atoms with Gasteiger partial charge in [0, 0.05) is 32.7 Å². The van der Waals surface area contributed by atoms with Crippen LogP contribution in [0.5, 0.6) is 5.75 Å². The summed E-state index contributed by atoms with van der Waals surface area (Å²) in [4.78, 5) is 16.8. The number of piperazine rings is 1. The molecule has 0 unspecified atom stereocenters. The van der Waals surface area contributed by atoms with Crippen molar-refractivity contribution in [2.45, 2.75) is 35.7 Å². The van der Waals surface area contributed by atoms with Gasteiger partial charge in [-0.25, -0.2) is 13.1 Å². The van der Waals surface area contributed by atoms with Crippen LogP contribution in [-0.2, 0) is 19.6 Å². The van der Waals surface area contributed by atoms with Crippen molar-refractivity contribution in [1.29, 1.82) is 0 Å². The van der Waals surface area contributed by atoms with E-state index in [1.165, 1.54) is 12.1 Å². The number of rotatable bonds is 8. The van der Waals surface area contributed by atoms with Crippen molar-refractivity contribution in [1.82, 2.24) is 9.62 Å². The summed E-state index contributed by atoms with van der Waals surface area (Å²) in [6.45, 7) is 2.04. The lowest BCUT2D eigenvalue weighted by atomic mass is 10.0. The molecule has 0 radical (unpaired) electrons. The molecule has 2 saturated heterocycles. The van der Waals surface area contributed by atoms with Crippen LogP contribution in [0.25, 0.3) is 0 Å². The average Bonchev–Trinajstić information content (AvgIpc) is 3.16. The second kappa shape index (κ2) is 10.9. The van der Waals surface area contributed by atoms with E-state index in [1.807, 2.05) is 24.3 Å². The SMILES string of the molecule is COc1ccccc1N1CCN(C(=O)C[C@H]2O[C@H](CNS(=O)(=O)c3ccccc3)[C@@H](O)[C@H]2O)CC1. The third-order valence-electron chi connectivity index (χ3n) is 6.42. The third-order valence-corrected chi connectivity index (χ3v) is 7.86. The molecule has 2 aromatic rings. The summed E-state index contributed by atoms with van der Waals surface area (Å²) >= 11 is 0. The molecular formula is C24H31N3O7S. The van der Waals surface area contributed by atoms with E-state index < -0.39 is 34.4 Å². The van der Waals surface area contributed by atoms with Crippen LogP contribution in [0.4, 0.5) is 5.69 Å². The number of hydrogen-bond donors (Lipinski definition) is 3. The van der Waals surface area contributed by atoms with Crippen molar-refractivity contribution in [3.8, 4) is 5.75 Å². The summed E-state index contributed by atoms with van der Waals surface area (Å²) in [7, 11) is -2.17. The van der Waals surface area contributed by atoms with Gasteiger partial charge >= 0.3 is 0 Å². The number of nitrogens with zero attached hydrogens (tertiary/aromatic N) is 2. The number of hydrogen-bond acceptors (Lipinski definition) is 8. The smallest absolute Gasteiger partial charge is 0.240 e. The lowest BCUT2D eigenvalue weighted by Gasteiger charge is -2.37. The quantitative estimate of drug-likeness (QED) is 0.464. The first-order chi connectivity index (χ1) is 16.8. The predicted molar refractivity (Wildman–Crippen MR) is 129 cm³/mol. The van der Waals surface area contributed by atoms with Crippen LogP contribution in [0.3, 0.4) is 0 Å². The average molecular weight is 506 g/mol. The molecule has 2 aliphatic heterocycles. The molecule has 1 amide bonds. The monoisotopic (exact) mass is 505 g/mol. The molecule has 2 heterocycles. The van der Waals surface area contributed by atoms with E-state index in [0.717, 1.165) is 11.4 Å². The van der Waals surface area contributed by atoms with Gasteiger partial charge in [0.05, 0.1) is 30.2 Å². The number of aliphatic hydroxyl groups excluding tert-OH is 2. The zero-order chi connectivity index (χ0) is 25.0. The maximum Gasteiger partial charge on any atom is 0.240 e. The summed E-state index contributed by atoms with van der Waals surface area (Å²) in [5, 5.41) is 20.8. The normalized spacial score (nSPS) is 25.0. The number of carbonyl (C=O) groups excluding carboxylic acids is 1. The van der Waals surface area contributed by atoms with E-state index in [1.54, 1.807) is 30.2 Å². The van der Waals surface area contributed by atoms with Gasteiger partial charge in [0.25, 0.3) is 0 Å². The first kappa shape index (κ1) is 25.4. The number of ether oxygens (including phenoxy) is 2. The van der Waals surface area contributed by atoms with Crippen LogP contribution >= 0.6 is 0 Å². The molecule has 0 spiro atoms. The highest BCUT2D eigenvalue weighted by molar-refractivity contribution is 7.89. The first-order valence-electron chi connectivity index (χ1n) is 11.5. The number of methoxy groups -OCH3 is 1. The van der Waals surface area contributed by atoms with E-state index in [4.69, 9.17) is 9.47 Å². The Morgan fingerprint density at radius 1 is 1.00 bits per heavy atom. The van der Waals surface area contributed by atoms with Crippen molar-refractivity contribution < 1.29 is 32.9 Å². The fourth-order valence-electron chi connectivity index (χ4n) is 4.43. The van der Waals surface area contributed by atoms with Gasteiger partial charge in [-0.1, -0.05) is 30.3 Å². The summed E-state index contributed by atoms with van der Waals surface area (Å²) in [5.74, 6) is 0.587. The van der Waals surface area contributed by atoms with Gasteiger partial charge < -0.3 is 29.5 Å². The molecule has 0 saturated carbocycles. The Hall–Kier alpha value is -2.70. The summed E-state index contributed by atoms with van der Waals surface area (Å²) in [6, 6.07) is 15.6. The lowest BCUT2D eigenvalue weighted by Crippen LogP contribution is -2.50. The van der Waals surface area contributed by atoms with Gasteiger partial charge in [-0.15, -0.1) is 0 Å². The lowest BCUT2D eigenvalue weighted by molar-refractivity contribution is -0.135. The van der Waals surface area contributed by atoms with E-state index in [9.17, 15) is 23.4 Å². The van der Waals surface area contributed by atoms with Crippen LogP contribution in [0.1, 0.15) is 6.42 Å². The predicted octanol–water partition coefficient (Wildman–Crippen LogP) is 0.202. The number of benzene rings is 2. The molecule has 4 atom stereocenters. The molecule has 2 aliphatic rings. The molecular weight excluding hydrogens is 474 g/mol. The van der Waals surface area contributed by atoms with Crippen LogP contribution in [-0.4, -0.2) is 93.7 Å². The molecule has 2 fully saturated rings.